The minimum absolute atomic E-state index is 0.0961. The van der Waals surface area contributed by atoms with Crippen LogP contribution >= 0.6 is 0 Å². The molecule has 19 heavy (non-hydrogen) atoms. The van der Waals surface area contributed by atoms with E-state index in [1.54, 1.807) is 6.92 Å². The monoisotopic (exact) mass is 269 g/mol. The summed E-state index contributed by atoms with van der Waals surface area (Å²) in [6, 6.07) is -0.813. The van der Waals surface area contributed by atoms with Crippen LogP contribution < -0.4 is 10.6 Å². The van der Waals surface area contributed by atoms with Gasteiger partial charge in [0.05, 0.1) is 18.7 Å². The molecule has 1 aromatic heterocycles. The molecule has 0 saturated heterocycles. The number of carbonyl (C=O) groups excluding carboxylic acids is 1. The first-order chi connectivity index (χ1) is 8.92. The summed E-state index contributed by atoms with van der Waals surface area (Å²) in [5.41, 5.74) is 0.787. The van der Waals surface area contributed by atoms with Crippen LogP contribution in [-0.4, -0.2) is 28.1 Å². The average molecular weight is 269 g/mol. The molecule has 1 rings (SSSR count). The Hall–Kier alpha value is -2.05. The molecule has 0 aliphatic rings. The maximum absolute atomic E-state index is 11.6. The van der Waals surface area contributed by atoms with E-state index in [-0.39, 0.29) is 19.0 Å². The number of carboxylic acid groups (broad SMARTS) is 1. The third-order valence-electron chi connectivity index (χ3n) is 2.72. The molecule has 0 bridgehead atoms. The van der Waals surface area contributed by atoms with Crippen molar-refractivity contribution in [3.05, 3.63) is 17.3 Å². The van der Waals surface area contributed by atoms with Crippen molar-refractivity contribution in [2.75, 3.05) is 0 Å². The molecular weight excluding hydrogens is 250 g/mol. The van der Waals surface area contributed by atoms with Gasteiger partial charge in [0.1, 0.15) is 5.76 Å². The Kier molecular flexibility index (Phi) is 5.35. The number of nitrogens with zero attached hydrogens (tertiary/aromatic N) is 1. The molecule has 106 valence electrons. The van der Waals surface area contributed by atoms with Crippen molar-refractivity contribution >= 4 is 12.0 Å². The minimum atomic E-state index is -0.939. The van der Waals surface area contributed by atoms with Crippen LogP contribution in [-0.2, 0) is 11.3 Å². The second-order valence-electron chi connectivity index (χ2n) is 4.28. The highest BCUT2D eigenvalue weighted by Crippen LogP contribution is 2.07. The number of carboxylic acids is 1. The van der Waals surface area contributed by atoms with Crippen LogP contribution in [0.4, 0.5) is 4.79 Å². The Labute approximate surface area is 111 Å². The van der Waals surface area contributed by atoms with Crippen LogP contribution in [0.15, 0.2) is 4.42 Å². The van der Waals surface area contributed by atoms with Gasteiger partial charge in [0.25, 0.3) is 0 Å². The van der Waals surface area contributed by atoms with E-state index >= 15 is 0 Å². The van der Waals surface area contributed by atoms with Crippen LogP contribution in [0.25, 0.3) is 0 Å². The molecule has 1 atom stereocenters. The van der Waals surface area contributed by atoms with E-state index < -0.39 is 12.0 Å². The fraction of sp³-hybridized carbons (Fsp3) is 0.583. The molecule has 1 aromatic rings. The lowest BCUT2D eigenvalue weighted by molar-refractivity contribution is -0.137. The number of aromatic nitrogens is 1. The number of hydrogen-bond acceptors (Lipinski definition) is 4. The zero-order valence-electron chi connectivity index (χ0n) is 11.3. The van der Waals surface area contributed by atoms with Crippen molar-refractivity contribution in [1.29, 1.82) is 0 Å². The summed E-state index contributed by atoms with van der Waals surface area (Å²) < 4.78 is 5.31. The summed E-state index contributed by atoms with van der Waals surface area (Å²) in [5.74, 6) is 0.206. The summed E-state index contributed by atoms with van der Waals surface area (Å²) in [6.45, 7) is 5.60. The van der Waals surface area contributed by atoms with Gasteiger partial charge >= 0.3 is 12.0 Å². The molecule has 2 amide bonds. The van der Waals surface area contributed by atoms with E-state index in [9.17, 15) is 9.59 Å². The van der Waals surface area contributed by atoms with Gasteiger partial charge in [0.2, 0.25) is 5.89 Å². The van der Waals surface area contributed by atoms with Gasteiger partial charge < -0.3 is 20.2 Å². The Morgan fingerprint density at radius 1 is 1.42 bits per heavy atom. The highest BCUT2D eigenvalue weighted by Gasteiger charge is 2.14. The molecule has 0 aliphatic carbocycles. The second kappa shape index (κ2) is 6.77. The predicted octanol–water partition coefficient (Wildman–Crippen LogP) is 1.34. The Balaban J connectivity index is 2.40. The van der Waals surface area contributed by atoms with Gasteiger partial charge in [-0.3, -0.25) is 4.79 Å². The van der Waals surface area contributed by atoms with Gasteiger partial charge in [-0.25, -0.2) is 9.78 Å². The maximum atomic E-state index is 11.6. The Morgan fingerprint density at radius 3 is 2.58 bits per heavy atom. The van der Waals surface area contributed by atoms with Gasteiger partial charge in [-0.1, -0.05) is 6.92 Å². The molecular formula is C12H19N3O4. The van der Waals surface area contributed by atoms with E-state index in [2.05, 4.69) is 15.6 Å². The Morgan fingerprint density at radius 2 is 2.11 bits per heavy atom. The molecule has 0 aliphatic heterocycles. The lowest BCUT2D eigenvalue weighted by atomic mass is 10.1. The summed E-state index contributed by atoms with van der Waals surface area (Å²) in [6.07, 6.45) is 0.456. The molecule has 0 radical (unpaired) electrons. The fourth-order valence-corrected chi connectivity index (χ4v) is 1.52. The van der Waals surface area contributed by atoms with Crippen molar-refractivity contribution in [3.63, 3.8) is 0 Å². The van der Waals surface area contributed by atoms with Gasteiger partial charge in [0.15, 0.2) is 0 Å². The number of urea groups is 1. The maximum Gasteiger partial charge on any atom is 0.315 e. The highest BCUT2D eigenvalue weighted by atomic mass is 16.4. The van der Waals surface area contributed by atoms with Crippen LogP contribution in [0.2, 0.25) is 0 Å². The van der Waals surface area contributed by atoms with Gasteiger partial charge in [0, 0.05) is 6.04 Å². The largest absolute Gasteiger partial charge is 0.481 e. The van der Waals surface area contributed by atoms with E-state index in [1.165, 1.54) is 0 Å². The number of nitrogens with one attached hydrogen (secondary N) is 2. The molecule has 1 heterocycles. The van der Waals surface area contributed by atoms with Gasteiger partial charge in [-0.2, -0.15) is 0 Å². The lowest BCUT2D eigenvalue weighted by Crippen LogP contribution is -2.42. The van der Waals surface area contributed by atoms with E-state index in [1.807, 2.05) is 13.8 Å². The smallest absolute Gasteiger partial charge is 0.315 e. The number of carbonyl (C=O) groups is 2. The third kappa shape index (κ3) is 4.99. The van der Waals surface area contributed by atoms with Gasteiger partial charge in [-0.15, -0.1) is 0 Å². The first kappa shape index (κ1) is 15.0. The van der Waals surface area contributed by atoms with E-state index in [4.69, 9.17) is 9.52 Å². The molecule has 0 fully saturated rings. The molecule has 1 unspecified atom stereocenters. The first-order valence-electron chi connectivity index (χ1n) is 6.11. The predicted molar refractivity (Wildman–Crippen MR) is 67.7 cm³/mol. The van der Waals surface area contributed by atoms with Crippen LogP contribution in [0.3, 0.4) is 0 Å². The van der Waals surface area contributed by atoms with Crippen molar-refractivity contribution in [1.82, 2.24) is 15.6 Å². The molecule has 0 aromatic carbocycles. The quantitative estimate of drug-likeness (QED) is 0.723. The van der Waals surface area contributed by atoms with Crippen molar-refractivity contribution in [2.45, 2.75) is 46.2 Å². The number of aliphatic carboxylic acids is 1. The molecule has 0 spiro atoms. The normalized spacial score (nSPS) is 11.9. The van der Waals surface area contributed by atoms with E-state index in [0.717, 1.165) is 11.5 Å². The summed E-state index contributed by atoms with van der Waals surface area (Å²) in [4.78, 5) is 26.3. The second-order valence-corrected chi connectivity index (χ2v) is 4.28. The first-order valence-corrected chi connectivity index (χ1v) is 6.11. The summed E-state index contributed by atoms with van der Waals surface area (Å²) in [5, 5.41) is 13.8. The molecule has 7 heteroatoms. The number of rotatable bonds is 6. The number of aryl methyl sites for hydroxylation is 2. The van der Waals surface area contributed by atoms with Crippen molar-refractivity contribution < 1.29 is 19.1 Å². The van der Waals surface area contributed by atoms with Crippen LogP contribution in [0.1, 0.15) is 37.1 Å². The highest BCUT2D eigenvalue weighted by molar-refractivity contribution is 5.75. The zero-order chi connectivity index (χ0) is 14.4. The average Bonchev–Trinajstić information content (AvgIpc) is 2.65. The number of hydrogen-bond donors (Lipinski definition) is 3. The summed E-state index contributed by atoms with van der Waals surface area (Å²) in [7, 11) is 0. The lowest BCUT2D eigenvalue weighted by Gasteiger charge is -2.14. The SMILES string of the molecule is CCC(CC(=O)O)NC(=O)NCc1nc(C)c(C)o1. The standard InChI is InChI=1S/C12H19N3O4/c1-4-9(5-11(16)17)15-12(18)13-6-10-14-7(2)8(3)19-10/h9H,4-6H2,1-3H3,(H,16,17)(H2,13,15,18). The fourth-order valence-electron chi connectivity index (χ4n) is 1.52. The molecule has 3 N–H and O–H groups in total. The van der Waals surface area contributed by atoms with Crippen LogP contribution in [0, 0.1) is 13.8 Å². The third-order valence-corrected chi connectivity index (χ3v) is 2.72. The van der Waals surface area contributed by atoms with Gasteiger partial charge in [-0.05, 0) is 20.3 Å². The van der Waals surface area contributed by atoms with E-state index in [0.29, 0.717) is 12.3 Å². The number of oxazole rings is 1. The van der Waals surface area contributed by atoms with Crippen molar-refractivity contribution in [2.24, 2.45) is 0 Å². The molecule has 7 nitrogen and oxygen atoms in total. The zero-order valence-corrected chi connectivity index (χ0v) is 11.3. The molecule has 0 saturated carbocycles. The van der Waals surface area contributed by atoms with Crippen LogP contribution in [0.5, 0.6) is 0 Å². The number of amides is 2. The summed E-state index contributed by atoms with van der Waals surface area (Å²) >= 11 is 0. The Bertz CT molecular complexity index is 436. The topological polar surface area (TPSA) is 104 Å². The van der Waals surface area contributed by atoms with Crippen molar-refractivity contribution in [3.8, 4) is 0 Å². The minimum Gasteiger partial charge on any atom is -0.481 e.